The number of hydrogen-bond acceptors (Lipinski definition) is 3. The first-order valence-corrected chi connectivity index (χ1v) is 5.31. The fourth-order valence-corrected chi connectivity index (χ4v) is 2.87. The molecule has 3 rings (SSSR count). The molecule has 0 aromatic rings. The van der Waals surface area contributed by atoms with Gasteiger partial charge in [-0.15, -0.1) is 0 Å². The van der Waals surface area contributed by atoms with Gasteiger partial charge in [-0.05, 0) is 25.7 Å². The van der Waals surface area contributed by atoms with Crippen LogP contribution in [-0.2, 0) is 9.53 Å². The van der Waals surface area contributed by atoms with E-state index in [9.17, 15) is 9.59 Å². The van der Waals surface area contributed by atoms with Gasteiger partial charge in [0.25, 0.3) is 0 Å². The van der Waals surface area contributed by atoms with Crippen LogP contribution < -0.4 is 5.32 Å². The molecule has 0 spiro atoms. The quantitative estimate of drug-likeness (QED) is 0.707. The number of aliphatic carboxylic acids is 1. The van der Waals surface area contributed by atoms with E-state index in [0.29, 0.717) is 19.3 Å². The third-order valence-corrected chi connectivity index (χ3v) is 3.59. The number of rotatable bonds is 4. The van der Waals surface area contributed by atoms with Gasteiger partial charge < -0.3 is 15.2 Å². The molecular formula is C11H15NO4. The van der Waals surface area contributed by atoms with Crippen molar-refractivity contribution < 1.29 is 19.4 Å². The molecule has 0 heterocycles. The van der Waals surface area contributed by atoms with E-state index in [0.717, 1.165) is 6.42 Å². The van der Waals surface area contributed by atoms with Gasteiger partial charge in [-0.2, -0.15) is 0 Å². The second kappa shape index (κ2) is 3.50. The minimum absolute atomic E-state index is 0.173. The number of hydrogen-bond donors (Lipinski definition) is 2. The van der Waals surface area contributed by atoms with Crippen LogP contribution in [-0.4, -0.2) is 29.3 Å². The van der Waals surface area contributed by atoms with Gasteiger partial charge in [-0.1, -0.05) is 12.7 Å². The Morgan fingerprint density at radius 1 is 1.44 bits per heavy atom. The Bertz CT molecular complexity index is 344. The zero-order valence-electron chi connectivity index (χ0n) is 8.99. The van der Waals surface area contributed by atoms with Crippen LogP contribution in [0.4, 0.5) is 4.79 Å². The molecule has 0 saturated heterocycles. The average Bonchev–Trinajstić information content (AvgIpc) is 2.70. The first-order valence-electron chi connectivity index (χ1n) is 5.31. The van der Waals surface area contributed by atoms with Crippen molar-refractivity contribution in [2.75, 3.05) is 6.61 Å². The Morgan fingerprint density at radius 3 is 2.62 bits per heavy atom. The maximum Gasteiger partial charge on any atom is 0.407 e. The highest BCUT2D eigenvalue weighted by Crippen LogP contribution is 2.61. The molecule has 3 aliphatic rings. The van der Waals surface area contributed by atoms with E-state index >= 15 is 0 Å². The number of carboxylic acids is 1. The number of nitrogens with one attached hydrogen (secondary N) is 1. The van der Waals surface area contributed by atoms with Crippen molar-refractivity contribution in [2.24, 2.45) is 5.41 Å². The van der Waals surface area contributed by atoms with E-state index in [4.69, 9.17) is 9.84 Å². The molecule has 3 saturated carbocycles. The molecule has 1 amide bonds. The van der Waals surface area contributed by atoms with E-state index in [1.54, 1.807) is 0 Å². The number of carbonyl (C=O) groups excluding carboxylic acids is 1. The molecule has 3 fully saturated rings. The monoisotopic (exact) mass is 225 g/mol. The maximum absolute atomic E-state index is 11.3. The summed E-state index contributed by atoms with van der Waals surface area (Å²) in [5.41, 5.74) is -0.928. The smallest absolute Gasteiger partial charge is 0.407 e. The lowest BCUT2D eigenvalue weighted by Crippen LogP contribution is -2.57. The molecule has 2 bridgehead atoms. The fraction of sp³-hybridized carbons (Fsp3) is 0.636. The number of carboxylic acid groups (broad SMARTS) is 1. The second-order valence-electron chi connectivity index (χ2n) is 4.73. The van der Waals surface area contributed by atoms with Crippen LogP contribution >= 0.6 is 0 Å². The summed E-state index contributed by atoms with van der Waals surface area (Å²) >= 11 is 0. The van der Waals surface area contributed by atoms with E-state index in [-0.39, 0.29) is 12.1 Å². The number of alkyl carbamates (subject to hydrolysis) is 1. The molecule has 5 heteroatoms. The Kier molecular flexibility index (Phi) is 2.40. The Labute approximate surface area is 93.5 Å². The summed E-state index contributed by atoms with van der Waals surface area (Å²) in [4.78, 5) is 22.3. The third-order valence-electron chi connectivity index (χ3n) is 3.59. The van der Waals surface area contributed by atoms with Crippen LogP contribution in [0.1, 0.15) is 25.7 Å². The van der Waals surface area contributed by atoms with Crippen LogP contribution in [0, 0.1) is 5.41 Å². The summed E-state index contributed by atoms with van der Waals surface area (Å²) < 4.78 is 4.82. The Hall–Kier alpha value is -1.52. The largest absolute Gasteiger partial charge is 0.481 e. The summed E-state index contributed by atoms with van der Waals surface area (Å²) in [6.45, 7) is 3.62. The van der Waals surface area contributed by atoms with Gasteiger partial charge >= 0.3 is 12.1 Å². The highest BCUT2D eigenvalue weighted by atomic mass is 16.5. The number of amides is 1. The van der Waals surface area contributed by atoms with Crippen molar-refractivity contribution in [3.63, 3.8) is 0 Å². The maximum atomic E-state index is 11.3. The summed E-state index contributed by atoms with van der Waals surface area (Å²) in [6.07, 6.45) is 3.43. The topological polar surface area (TPSA) is 75.6 Å². The SMILES string of the molecule is C=CCOC(=O)NC12CCC(C(=O)O)(C1)C2. The van der Waals surface area contributed by atoms with Gasteiger partial charge in [0.2, 0.25) is 0 Å². The van der Waals surface area contributed by atoms with Gasteiger partial charge in [0.05, 0.1) is 5.41 Å². The Morgan fingerprint density at radius 2 is 2.12 bits per heavy atom. The van der Waals surface area contributed by atoms with Gasteiger partial charge in [0.1, 0.15) is 6.61 Å². The molecule has 2 N–H and O–H groups in total. The third kappa shape index (κ3) is 1.56. The minimum Gasteiger partial charge on any atom is -0.481 e. The van der Waals surface area contributed by atoms with Gasteiger partial charge in [0.15, 0.2) is 0 Å². The van der Waals surface area contributed by atoms with Crippen LogP contribution in [0.25, 0.3) is 0 Å². The second-order valence-corrected chi connectivity index (χ2v) is 4.73. The first-order chi connectivity index (χ1) is 7.52. The van der Waals surface area contributed by atoms with Crippen LogP contribution in [0.3, 0.4) is 0 Å². The van der Waals surface area contributed by atoms with Gasteiger partial charge in [0, 0.05) is 5.54 Å². The van der Waals surface area contributed by atoms with E-state index in [1.807, 2.05) is 0 Å². The molecule has 0 unspecified atom stereocenters. The van der Waals surface area contributed by atoms with Crippen molar-refractivity contribution in [3.05, 3.63) is 12.7 Å². The predicted octanol–water partition coefficient (Wildman–Crippen LogP) is 1.30. The first kappa shape index (κ1) is 11.0. The van der Waals surface area contributed by atoms with Crippen LogP contribution in [0.5, 0.6) is 0 Å². The molecule has 5 nitrogen and oxygen atoms in total. The standard InChI is InChI=1S/C11H15NO4/c1-2-5-16-9(15)12-11-4-3-10(6-11,7-11)8(13)14/h2H,1,3-7H2,(H,12,15)(H,13,14). The number of carbonyl (C=O) groups is 2. The lowest BCUT2D eigenvalue weighted by atomic mass is 9.65. The molecule has 16 heavy (non-hydrogen) atoms. The molecule has 0 aliphatic heterocycles. The lowest BCUT2D eigenvalue weighted by Gasteiger charge is -2.44. The van der Waals surface area contributed by atoms with Crippen molar-refractivity contribution in [1.29, 1.82) is 0 Å². The Balaban J connectivity index is 1.88. The van der Waals surface area contributed by atoms with Crippen LogP contribution in [0.2, 0.25) is 0 Å². The summed E-state index contributed by atoms with van der Waals surface area (Å²) in [5, 5.41) is 11.8. The molecule has 0 radical (unpaired) electrons. The van der Waals surface area contributed by atoms with Crippen LogP contribution in [0.15, 0.2) is 12.7 Å². The highest BCUT2D eigenvalue weighted by Gasteiger charge is 2.65. The van der Waals surface area contributed by atoms with Crippen molar-refractivity contribution in [3.8, 4) is 0 Å². The normalized spacial score (nSPS) is 35.0. The number of fused-ring (bicyclic) bond motifs is 1. The molecule has 0 atom stereocenters. The highest BCUT2D eigenvalue weighted by molar-refractivity contribution is 5.79. The molecule has 0 aromatic carbocycles. The summed E-state index contributed by atoms with van der Waals surface area (Å²) in [7, 11) is 0. The molecule has 0 aromatic heterocycles. The predicted molar refractivity (Wildman–Crippen MR) is 55.9 cm³/mol. The van der Waals surface area contributed by atoms with E-state index in [2.05, 4.69) is 11.9 Å². The van der Waals surface area contributed by atoms with Crippen molar-refractivity contribution in [1.82, 2.24) is 5.32 Å². The minimum atomic E-state index is -0.748. The van der Waals surface area contributed by atoms with Gasteiger partial charge in [-0.25, -0.2) is 4.79 Å². The zero-order valence-corrected chi connectivity index (χ0v) is 8.99. The lowest BCUT2D eigenvalue weighted by molar-refractivity contribution is -0.154. The van der Waals surface area contributed by atoms with E-state index < -0.39 is 17.5 Å². The van der Waals surface area contributed by atoms with Crippen molar-refractivity contribution in [2.45, 2.75) is 31.2 Å². The summed E-state index contributed by atoms with van der Waals surface area (Å²) in [6, 6.07) is 0. The van der Waals surface area contributed by atoms with Gasteiger partial charge in [-0.3, -0.25) is 4.79 Å². The van der Waals surface area contributed by atoms with E-state index in [1.165, 1.54) is 6.08 Å². The number of ether oxygens (including phenoxy) is 1. The molecular weight excluding hydrogens is 210 g/mol. The summed E-state index contributed by atoms with van der Waals surface area (Å²) in [5.74, 6) is -0.748. The molecule has 88 valence electrons. The average molecular weight is 225 g/mol. The van der Waals surface area contributed by atoms with Crippen molar-refractivity contribution >= 4 is 12.1 Å². The molecule has 3 aliphatic carbocycles. The zero-order chi connectivity index (χ0) is 11.8. The fourth-order valence-electron chi connectivity index (χ4n) is 2.87.